The van der Waals surface area contributed by atoms with E-state index in [1.165, 1.54) is 26.1 Å². The van der Waals surface area contributed by atoms with Gasteiger partial charge >= 0.3 is 11.9 Å². The second-order valence-corrected chi connectivity index (χ2v) is 12.0. The van der Waals surface area contributed by atoms with Gasteiger partial charge in [0.2, 0.25) is 0 Å². The number of fused-ring (bicyclic) bond motifs is 1. The van der Waals surface area contributed by atoms with Crippen LogP contribution in [-0.2, 0) is 17.5 Å². The minimum absolute atomic E-state index is 0.00144. The van der Waals surface area contributed by atoms with E-state index in [4.69, 9.17) is 8.85 Å². The van der Waals surface area contributed by atoms with Crippen LogP contribution in [0.1, 0.15) is 73.2 Å². The maximum absolute atomic E-state index is 14.3. The summed E-state index contributed by atoms with van der Waals surface area (Å²) in [6, 6.07) is 0.927. The Morgan fingerprint density at radius 1 is 1.18 bits per heavy atom. The molecule has 0 radical (unpaired) electrons. The van der Waals surface area contributed by atoms with Crippen molar-refractivity contribution in [1.29, 1.82) is 0 Å². The number of rotatable bonds is 6. The largest absolute Gasteiger partial charge is 0.418 e. The Kier molecular flexibility index (Phi) is 6.59. The fourth-order valence-electron chi connectivity index (χ4n) is 7.37. The molecule has 0 spiro atoms. The number of alkyl halides is 3. The molecule has 2 saturated carbocycles. The Bertz CT molecular complexity index is 1330. The topological polar surface area (TPSA) is 66.2 Å². The van der Waals surface area contributed by atoms with Crippen molar-refractivity contribution in [1.82, 2.24) is 29.6 Å². The third kappa shape index (κ3) is 5.40. The third-order valence-electron chi connectivity index (χ3n) is 9.40. The average molecular weight is 554 g/mol. The summed E-state index contributed by atoms with van der Waals surface area (Å²) >= 11 is 0. The number of hydrogen-bond donors (Lipinski definition) is 2. The highest BCUT2D eigenvalue weighted by atomic mass is 19.4. The van der Waals surface area contributed by atoms with E-state index < -0.39 is 24.4 Å². The van der Waals surface area contributed by atoms with Crippen molar-refractivity contribution >= 4 is 5.52 Å². The molecule has 216 valence electrons. The summed E-state index contributed by atoms with van der Waals surface area (Å²) in [5, 5.41) is 0. The van der Waals surface area contributed by atoms with Crippen molar-refractivity contribution in [2.24, 2.45) is 17.8 Å². The summed E-state index contributed by atoms with van der Waals surface area (Å²) in [4.78, 5) is 17.3. The molecule has 2 aromatic heterocycles. The van der Waals surface area contributed by atoms with E-state index in [9.17, 15) is 18.0 Å². The van der Waals surface area contributed by atoms with Gasteiger partial charge in [0.15, 0.2) is 0 Å². The molecule has 39 heavy (non-hydrogen) atoms. The van der Waals surface area contributed by atoms with Gasteiger partial charge in [-0.3, -0.25) is 18.8 Å². The maximum atomic E-state index is 14.3. The lowest BCUT2D eigenvalue weighted by atomic mass is 9.65. The molecule has 0 aromatic carbocycles. The Balaban J connectivity index is 1.31. The monoisotopic (exact) mass is 553 g/mol. The Hall–Kier alpha value is -1.92. The van der Waals surface area contributed by atoms with Crippen LogP contribution in [0.15, 0.2) is 23.3 Å². The van der Waals surface area contributed by atoms with Crippen molar-refractivity contribution in [2.45, 2.75) is 82.9 Å². The molecular formula is C28H41F3N6O2. The molecule has 3 unspecified atom stereocenters. The maximum Gasteiger partial charge on any atom is 0.418 e. The van der Waals surface area contributed by atoms with Gasteiger partial charge in [-0.2, -0.15) is 13.2 Å². The lowest BCUT2D eigenvalue weighted by Gasteiger charge is -2.46. The minimum atomic E-state index is -4.61. The molecule has 2 aliphatic heterocycles. The summed E-state index contributed by atoms with van der Waals surface area (Å²) in [7, 11) is 0. The Labute approximate surface area is 231 Å². The molecular weight excluding hydrogens is 509 g/mol. The lowest BCUT2D eigenvalue weighted by molar-refractivity contribution is -0.136. The van der Waals surface area contributed by atoms with E-state index in [2.05, 4.69) is 15.8 Å². The lowest BCUT2D eigenvalue weighted by Crippen LogP contribution is -2.50. The molecule has 2 aliphatic carbocycles. The Morgan fingerprint density at radius 2 is 1.97 bits per heavy atom. The molecule has 4 heterocycles. The van der Waals surface area contributed by atoms with Crippen LogP contribution in [0.3, 0.4) is 0 Å². The first-order valence-corrected chi connectivity index (χ1v) is 14.3. The van der Waals surface area contributed by atoms with Crippen molar-refractivity contribution in [3.05, 3.63) is 40.1 Å². The molecule has 6 rings (SSSR count). The van der Waals surface area contributed by atoms with Crippen molar-refractivity contribution in [2.75, 3.05) is 33.3 Å². The minimum Gasteiger partial charge on any atom is -0.376 e. The number of halogens is 3. The van der Waals surface area contributed by atoms with Gasteiger partial charge in [0.05, 0.1) is 36.6 Å². The molecule has 8 nitrogen and oxygen atoms in total. The molecule has 5 atom stereocenters. The average Bonchev–Trinajstić information content (AvgIpc) is 3.51. The van der Waals surface area contributed by atoms with Crippen LogP contribution < -0.4 is 16.5 Å². The SMILES string of the molecule is [2H]C([2H])([2H])N1CNNC1[C@H](C1CCC1)C1CCCC(n2cc3c(C(F)(F)F)cc(CN4CCO[C@H](C)C4)cn3c2=O)C1. The van der Waals surface area contributed by atoms with E-state index in [0.29, 0.717) is 50.6 Å². The van der Waals surface area contributed by atoms with Gasteiger partial charge in [0, 0.05) is 42.2 Å². The highest BCUT2D eigenvalue weighted by molar-refractivity contribution is 5.56. The van der Waals surface area contributed by atoms with Crippen LogP contribution in [-0.4, -0.2) is 64.4 Å². The number of ether oxygens (including phenoxy) is 1. The van der Waals surface area contributed by atoms with E-state index >= 15 is 0 Å². The Morgan fingerprint density at radius 3 is 2.69 bits per heavy atom. The molecule has 2 aromatic rings. The van der Waals surface area contributed by atoms with E-state index in [1.54, 1.807) is 6.20 Å². The smallest absolute Gasteiger partial charge is 0.376 e. The van der Waals surface area contributed by atoms with Gasteiger partial charge in [0.1, 0.15) is 0 Å². The zero-order chi connectivity index (χ0) is 29.8. The second kappa shape index (κ2) is 10.8. The fourth-order valence-corrected chi connectivity index (χ4v) is 7.37. The number of imidazole rings is 1. The predicted molar refractivity (Wildman–Crippen MR) is 142 cm³/mol. The molecule has 0 amide bonds. The summed E-state index contributed by atoms with van der Waals surface area (Å²) in [5.41, 5.74) is 5.30. The van der Waals surface area contributed by atoms with Crippen molar-refractivity contribution in [3.63, 3.8) is 0 Å². The van der Waals surface area contributed by atoms with Gasteiger partial charge in [0.25, 0.3) is 0 Å². The standard InChI is InChI=1S/C28H41F3N6O2/c1-18-13-35(9-10-39-18)14-19-11-23(28(29,30)31)24-16-36(27(38)37(24)15-19)22-8-4-7-21(12-22)25(20-5-3-6-20)26-33-32-17-34(26)2/h11,15-16,18,20-22,25-26,32-33H,3-10,12-14,17H2,1-2H3/t18-,21?,22?,25-,26?/m1/s1/i2D3. The number of hydrazine groups is 1. The van der Waals surface area contributed by atoms with Crippen molar-refractivity contribution in [3.8, 4) is 0 Å². The molecule has 4 fully saturated rings. The van der Waals surface area contributed by atoms with Crippen LogP contribution >= 0.6 is 0 Å². The van der Waals surface area contributed by atoms with Crippen LogP contribution in [0.25, 0.3) is 5.52 Å². The number of nitrogens with one attached hydrogen (secondary N) is 2. The summed E-state index contributed by atoms with van der Waals surface area (Å²) in [6.45, 7) is 1.97. The van der Waals surface area contributed by atoms with E-state index in [-0.39, 0.29) is 42.3 Å². The first-order chi connectivity index (χ1) is 19.9. The molecule has 2 N–H and O–H groups in total. The third-order valence-corrected chi connectivity index (χ3v) is 9.40. The van der Waals surface area contributed by atoms with Crippen LogP contribution in [0.2, 0.25) is 0 Å². The van der Waals surface area contributed by atoms with Gasteiger partial charge in [-0.25, -0.2) is 15.6 Å². The van der Waals surface area contributed by atoms with Gasteiger partial charge in [-0.05, 0) is 62.5 Å². The highest BCUT2D eigenvalue weighted by Crippen LogP contribution is 2.47. The van der Waals surface area contributed by atoms with E-state index in [0.717, 1.165) is 32.1 Å². The van der Waals surface area contributed by atoms with Crippen molar-refractivity contribution < 1.29 is 22.0 Å². The summed E-state index contributed by atoms with van der Waals surface area (Å²) < 4.78 is 75.3. The first kappa shape index (κ1) is 23.8. The fraction of sp³-hybridized carbons (Fsp3) is 0.750. The molecule has 4 aliphatic rings. The van der Waals surface area contributed by atoms with Crippen LogP contribution in [0.5, 0.6) is 0 Å². The normalized spacial score (nSPS) is 32.1. The summed E-state index contributed by atoms with van der Waals surface area (Å²) in [5.74, 6) is 0.591. The summed E-state index contributed by atoms with van der Waals surface area (Å²) in [6.07, 6.45) is 4.23. The zero-order valence-electron chi connectivity index (χ0n) is 25.4. The number of aromatic nitrogens is 2. The van der Waals surface area contributed by atoms with Gasteiger partial charge in [-0.15, -0.1) is 0 Å². The number of hydrogen-bond acceptors (Lipinski definition) is 6. The predicted octanol–water partition coefficient (Wildman–Crippen LogP) is 3.81. The first-order valence-electron chi connectivity index (χ1n) is 15.8. The number of morpholine rings is 1. The highest BCUT2D eigenvalue weighted by Gasteiger charge is 2.44. The zero-order valence-corrected chi connectivity index (χ0v) is 22.4. The van der Waals surface area contributed by atoms with Crippen LogP contribution in [0, 0.1) is 17.8 Å². The van der Waals surface area contributed by atoms with Gasteiger partial charge < -0.3 is 4.74 Å². The molecule has 0 bridgehead atoms. The number of nitrogens with zero attached hydrogens (tertiary/aromatic N) is 4. The van der Waals surface area contributed by atoms with Crippen LogP contribution in [0.4, 0.5) is 13.2 Å². The quantitative estimate of drug-likeness (QED) is 0.567. The number of pyridine rings is 1. The molecule has 2 saturated heterocycles. The molecule has 11 heteroatoms. The second-order valence-electron chi connectivity index (χ2n) is 12.0. The van der Waals surface area contributed by atoms with E-state index in [1.807, 2.05) is 6.92 Å². The van der Waals surface area contributed by atoms with Gasteiger partial charge in [-0.1, -0.05) is 25.7 Å².